The number of rotatable bonds is 2. The van der Waals surface area contributed by atoms with Gasteiger partial charge in [-0.1, -0.05) is 6.07 Å². The van der Waals surface area contributed by atoms with Crippen molar-refractivity contribution >= 4 is 17.4 Å². The molecule has 0 spiro atoms. The van der Waals surface area contributed by atoms with E-state index in [4.69, 9.17) is 5.73 Å². The average molecular weight is 260 g/mol. The second-order valence-electron chi connectivity index (χ2n) is 4.38. The summed E-state index contributed by atoms with van der Waals surface area (Å²) in [6.45, 7) is 3.45. The van der Waals surface area contributed by atoms with Crippen LogP contribution in [0.3, 0.4) is 0 Å². The van der Waals surface area contributed by atoms with Gasteiger partial charge in [-0.3, -0.25) is 9.48 Å². The number of hydrogen-bond donors (Lipinski definition) is 3. The first-order valence-corrected chi connectivity index (χ1v) is 5.80. The lowest BCUT2D eigenvalue weighted by Crippen LogP contribution is -2.16. The summed E-state index contributed by atoms with van der Waals surface area (Å²) in [5.74, 6) is 0.204. The molecule has 0 saturated heterocycles. The maximum atomic E-state index is 12.2. The molecule has 1 heterocycles. The van der Waals surface area contributed by atoms with Crippen LogP contribution in [0.4, 0.5) is 11.5 Å². The average Bonchev–Trinajstić information content (AvgIpc) is 2.59. The van der Waals surface area contributed by atoms with Crippen molar-refractivity contribution in [3.05, 3.63) is 35.0 Å². The van der Waals surface area contributed by atoms with Crippen LogP contribution in [0.15, 0.2) is 18.2 Å². The number of phenols is 1. The Morgan fingerprint density at radius 2 is 2.11 bits per heavy atom. The van der Waals surface area contributed by atoms with Crippen molar-refractivity contribution in [2.45, 2.75) is 13.8 Å². The van der Waals surface area contributed by atoms with E-state index in [1.54, 1.807) is 33.0 Å². The fourth-order valence-electron chi connectivity index (χ4n) is 1.87. The first-order valence-electron chi connectivity index (χ1n) is 5.80. The molecular formula is C13H16N4O2. The highest BCUT2D eigenvalue weighted by Crippen LogP contribution is 2.24. The third-order valence-electron chi connectivity index (χ3n) is 3.05. The predicted octanol–water partition coefficient (Wildman–Crippen LogP) is 1.58. The van der Waals surface area contributed by atoms with Gasteiger partial charge < -0.3 is 16.2 Å². The van der Waals surface area contributed by atoms with Gasteiger partial charge in [-0.2, -0.15) is 5.10 Å². The summed E-state index contributed by atoms with van der Waals surface area (Å²) in [5, 5.41) is 16.4. The van der Waals surface area contributed by atoms with Gasteiger partial charge in [0.2, 0.25) is 0 Å². The molecule has 2 aromatic rings. The molecule has 0 aliphatic carbocycles. The van der Waals surface area contributed by atoms with Crippen LogP contribution in [0.25, 0.3) is 0 Å². The molecule has 0 radical (unpaired) electrons. The number of hydrogen-bond acceptors (Lipinski definition) is 4. The molecule has 19 heavy (non-hydrogen) atoms. The second-order valence-corrected chi connectivity index (χ2v) is 4.38. The van der Waals surface area contributed by atoms with Crippen LogP contribution in [-0.2, 0) is 7.05 Å². The first kappa shape index (κ1) is 12.9. The SMILES string of the molecule is Cc1nn(C)c(NC(=O)c2cccc(O)c2C)c1N. The van der Waals surface area contributed by atoms with E-state index >= 15 is 0 Å². The minimum Gasteiger partial charge on any atom is -0.508 e. The number of carbonyl (C=O) groups is 1. The number of nitrogens with zero attached hydrogens (tertiary/aromatic N) is 2. The van der Waals surface area contributed by atoms with Crippen LogP contribution < -0.4 is 11.1 Å². The summed E-state index contributed by atoms with van der Waals surface area (Å²) < 4.78 is 1.51. The highest BCUT2D eigenvalue weighted by atomic mass is 16.3. The lowest BCUT2D eigenvalue weighted by Gasteiger charge is -2.09. The van der Waals surface area contributed by atoms with Crippen molar-refractivity contribution in [1.29, 1.82) is 0 Å². The van der Waals surface area contributed by atoms with Crippen LogP contribution in [0.1, 0.15) is 21.6 Å². The van der Waals surface area contributed by atoms with Gasteiger partial charge in [-0.25, -0.2) is 0 Å². The number of benzene rings is 1. The van der Waals surface area contributed by atoms with Crippen LogP contribution in [0, 0.1) is 13.8 Å². The van der Waals surface area contributed by atoms with E-state index in [1.165, 1.54) is 10.7 Å². The van der Waals surface area contributed by atoms with Gasteiger partial charge in [0, 0.05) is 18.2 Å². The van der Waals surface area contributed by atoms with E-state index in [2.05, 4.69) is 10.4 Å². The van der Waals surface area contributed by atoms with Crippen molar-refractivity contribution in [2.75, 3.05) is 11.1 Å². The Labute approximate surface area is 110 Å². The van der Waals surface area contributed by atoms with Gasteiger partial charge in [0.15, 0.2) is 5.82 Å². The molecule has 1 aromatic heterocycles. The third-order valence-corrected chi connectivity index (χ3v) is 3.05. The number of carbonyl (C=O) groups excluding carboxylic acids is 1. The predicted molar refractivity (Wildman–Crippen MR) is 73.2 cm³/mol. The maximum Gasteiger partial charge on any atom is 0.257 e. The molecule has 6 nitrogen and oxygen atoms in total. The molecule has 1 amide bonds. The topological polar surface area (TPSA) is 93.2 Å². The van der Waals surface area contributed by atoms with E-state index < -0.39 is 0 Å². The van der Waals surface area contributed by atoms with E-state index in [0.717, 1.165) is 0 Å². The minimum atomic E-state index is -0.330. The van der Waals surface area contributed by atoms with Crippen LogP contribution in [0.2, 0.25) is 0 Å². The molecule has 0 bridgehead atoms. The molecule has 4 N–H and O–H groups in total. The Morgan fingerprint density at radius 1 is 1.42 bits per heavy atom. The number of nitrogens with two attached hydrogens (primary N) is 1. The molecule has 0 aliphatic rings. The smallest absolute Gasteiger partial charge is 0.257 e. The number of nitrogens with one attached hydrogen (secondary N) is 1. The van der Waals surface area contributed by atoms with Crippen LogP contribution in [-0.4, -0.2) is 20.8 Å². The van der Waals surface area contributed by atoms with Crippen molar-refractivity contribution < 1.29 is 9.90 Å². The minimum absolute atomic E-state index is 0.0850. The van der Waals surface area contributed by atoms with Crippen molar-refractivity contribution in [3.63, 3.8) is 0 Å². The van der Waals surface area contributed by atoms with Crippen LogP contribution in [0.5, 0.6) is 5.75 Å². The van der Waals surface area contributed by atoms with Gasteiger partial charge >= 0.3 is 0 Å². The summed E-state index contributed by atoms with van der Waals surface area (Å²) in [4.78, 5) is 12.2. The normalized spacial score (nSPS) is 10.5. The molecule has 0 aliphatic heterocycles. The summed E-state index contributed by atoms with van der Waals surface area (Å²) in [6.07, 6.45) is 0. The van der Waals surface area contributed by atoms with Crippen molar-refractivity contribution in [3.8, 4) is 5.75 Å². The van der Waals surface area contributed by atoms with Crippen molar-refractivity contribution in [2.24, 2.45) is 7.05 Å². The zero-order chi connectivity index (χ0) is 14.2. The Morgan fingerprint density at radius 3 is 2.68 bits per heavy atom. The maximum absolute atomic E-state index is 12.2. The van der Waals surface area contributed by atoms with Gasteiger partial charge in [0.05, 0.1) is 11.4 Å². The van der Waals surface area contributed by atoms with Gasteiger partial charge in [-0.15, -0.1) is 0 Å². The van der Waals surface area contributed by atoms with E-state index in [9.17, 15) is 9.90 Å². The zero-order valence-corrected chi connectivity index (χ0v) is 11.1. The second kappa shape index (κ2) is 4.64. The summed E-state index contributed by atoms with van der Waals surface area (Å²) in [6, 6.07) is 4.80. The number of aromatic hydroxyl groups is 1. The van der Waals surface area contributed by atoms with Crippen molar-refractivity contribution in [1.82, 2.24) is 9.78 Å². The number of nitrogen functional groups attached to an aromatic ring is 1. The molecule has 100 valence electrons. The number of aryl methyl sites for hydroxylation is 2. The largest absolute Gasteiger partial charge is 0.508 e. The lowest BCUT2D eigenvalue weighted by molar-refractivity contribution is 0.102. The number of anilines is 2. The van der Waals surface area contributed by atoms with E-state index in [0.29, 0.717) is 28.3 Å². The highest BCUT2D eigenvalue weighted by Gasteiger charge is 2.16. The van der Waals surface area contributed by atoms with Gasteiger partial charge in [0.25, 0.3) is 5.91 Å². The Kier molecular flexibility index (Phi) is 3.16. The monoisotopic (exact) mass is 260 g/mol. The fraction of sp³-hybridized carbons (Fsp3) is 0.231. The summed E-state index contributed by atoms with van der Waals surface area (Å²) in [5.41, 5.74) is 7.87. The Bertz CT molecular complexity index is 646. The first-order chi connectivity index (χ1) is 8.91. The molecular weight excluding hydrogens is 244 g/mol. The lowest BCUT2D eigenvalue weighted by atomic mass is 10.1. The standard InChI is InChI=1S/C13H16N4O2/c1-7-9(5-4-6-10(7)18)13(19)15-12-11(14)8(2)16-17(12)3/h4-6,18H,14H2,1-3H3,(H,15,19). The van der Waals surface area contributed by atoms with Gasteiger partial charge in [-0.05, 0) is 26.0 Å². The molecule has 2 rings (SSSR count). The molecule has 0 fully saturated rings. The zero-order valence-electron chi connectivity index (χ0n) is 11.1. The molecule has 0 saturated carbocycles. The molecule has 0 unspecified atom stereocenters. The van der Waals surface area contributed by atoms with E-state index in [-0.39, 0.29) is 11.7 Å². The summed E-state index contributed by atoms with van der Waals surface area (Å²) >= 11 is 0. The Hall–Kier alpha value is -2.50. The molecule has 6 heteroatoms. The molecule has 0 atom stereocenters. The van der Waals surface area contributed by atoms with Gasteiger partial charge in [0.1, 0.15) is 5.75 Å². The number of amides is 1. The third kappa shape index (κ3) is 2.24. The quantitative estimate of drug-likeness (QED) is 0.764. The summed E-state index contributed by atoms with van der Waals surface area (Å²) in [7, 11) is 1.70. The number of phenolic OH excluding ortho intramolecular Hbond substituents is 1. The Balaban J connectivity index is 2.34. The van der Waals surface area contributed by atoms with Crippen LogP contribution >= 0.6 is 0 Å². The molecule has 1 aromatic carbocycles. The highest BCUT2D eigenvalue weighted by molar-refractivity contribution is 6.06. The number of aromatic nitrogens is 2. The fourth-order valence-corrected chi connectivity index (χ4v) is 1.87. The van der Waals surface area contributed by atoms with E-state index in [1.807, 2.05) is 0 Å².